The van der Waals surface area contributed by atoms with Crippen molar-refractivity contribution in [2.24, 2.45) is 0 Å². The second-order valence-corrected chi connectivity index (χ2v) is 3.35. The van der Waals surface area contributed by atoms with E-state index in [4.69, 9.17) is 0 Å². The predicted molar refractivity (Wildman–Crippen MR) is 62.6 cm³/mol. The largest absolute Gasteiger partial charge is 0.355 e. The van der Waals surface area contributed by atoms with E-state index in [1.165, 1.54) is 6.33 Å². The molecule has 0 saturated heterocycles. The lowest BCUT2D eigenvalue weighted by atomic mass is 10.1. The predicted octanol–water partition coefficient (Wildman–Crippen LogP) is 1.39. The summed E-state index contributed by atoms with van der Waals surface area (Å²) in [6.45, 7) is 3.75. The van der Waals surface area contributed by atoms with E-state index in [1.807, 2.05) is 18.2 Å². The van der Waals surface area contributed by atoms with Crippen molar-refractivity contribution in [2.75, 3.05) is 7.05 Å². The number of benzene rings is 1. The molecule has 2 aromatic rings. The first-order valence-corrected chi connectivity index (χ1v) is 4.83. The standard InChI is InChI=1S/C12H11N3O/c1-8(12(16)13-2)9-3-4-10-6-14-7-15-11(10)5-9/h3-7H,1H2,2H3,(H,13,16). The van der Waals surface area contributed by atoms with Crippen LogP contribution < -0.4 is 5.32 Å². The van der Waals surface area contributed by atoms with Gasteiger partial charge in [-0.1, -0.05) is 18.7 Å². The van der Waals surface area contributed by atoms with Gasteiger partial charge in [-0.2, -0.15) is 0 Å². The van der Waals surface area contributed by atoms with Crippen LogP contribution in [-0.2, 0) is 4.79 Å². The van der Waals surface area contributed by atoms with E-state index in [-0.39, 0.29) is 5.91 Å². The molecule has 0 fully saturated rings. The fourth-order valence-electron chi connectivity index (χ4n) is 1.44. The summed E-state index contributed by atoms with van der Waals surface area (Å²) < 4.78 is 0. The third-order valence-electron chi connectivity index (χ3n) is 2.36. The maximum atomic E-state index is 11.4. The van der Waals surface area contributed by atoms with Gasteiger partial charge in [0.05, 0.1) is 5.52 Å². The van der Waals surface area contributed by atoms with Crippen molar-refractivity contribution in [3.63, 3.8) is 0 Å². The quantitative estimate of drug-likeness (QED) is 0.767. The Bertz CT molecular complexity index is 563. The molecule has 1 aromatic carbocycles. The molecule has 0 aliphatic heterocycles. The molecular weight excluding hydrogens is 202 g/mol. The van der Waals surface area contributed by atoms with Crippen LogP contribution in [0.1, 0.15) is 5.56 Å². The van der Waals surface area contributed by atoms with Crippen molar-refractivity contribution in [2.45, 2.75) is 0 Å². The van der Waals surface area contributed by atoms with Gasteiger partial charge in [-0.15, -0.1) is 0 Å². The van der Waals surface area contributed by atoms with Crippen LogP contribution in [0.15, 0.2) is 37.3 Å². The average Bonchev–Trinajstić information content (AvgIpc) is 2.36. The van der Waals surface area contributed by atoms with Gasteiger partial charge in [0, 0.05) is 24.2 Å². The molecule has 1 aromatic heterocycles. The highest BCUT2D eigenvalue weighted by Gasteiger charge is 2.07. The van der Waals surface area contributed by atoms with Crippen LogP contribution >= 0.6 is 0 Å². The lowest BCUT2D eigenvalue weighted by Crippen LogP contribution is -2.18. The zero-order valence-corrected chi connectivity index (χ0v) is 8.90. The minimum Gasteiger partial charge on any atom is -0.355 e. The van der Waals surface area contributed by atoms with Gasteiger partial charge in [0.2, 0.25) is 0 Å². The number of hydrogen-bond donors (Lipinski definition) is 1. The SMILES string of the molecule is C=C(C(=O)NC)c1ccc2cncnc2c1. The Morgan fingerprint density at radius 1 is 1.44 bits per heavy atom. The van der Waals surface area contributed by atoms with Gasteiger partial charge in [-0.25, -0.2) is 9.97 Å². The number of carbonyl (C=O) groups is 1. The molecule has 16 heavy (non-hydrogen) atoms. The first kappa shape index (κ1) is 10.3. The van der Waals surface area contributed by atoms with Gasteiger partial charge in [-0.05, 0) is 11.6 Å². The fourth-order valence-corrected chi connectivity index (χ4v) is 1.44. The molecule has 4 nitrogen and oxygen atoms in total. The summed E-state index contributed by atoms with van der Waals surface area (Å²) >= 11 is 0. The highest BCUT2D eigenvalue weighted by molar-refractivity contribution is 6.19. The van der Waals surface area contributed by atoms with Crippen LogP contribution in [0.25, 0.3) is 16.5 Å². The second-order valence-electron chi connectivity index (χ2n) is 3.35. The number of amides is 1. The van der Waals surface area contributed by atoms with E-state index in [0.29, 0.717) is 5.57 Å². The molecule has 0 unspecified atom stereocenters. The van der Waals surface area contributed by atoms with Gasteiger partial charge in [0.1, 0.15) is 6.33 Å². The molecule has 1 N–H and O–H groups in total. The topological polar surface area (TPSA) is 54.9 Å². The maximum Gasteiger partial charge on any atom is 0.251 e. The molecule has 0 radical (unpaired) electrons. The number of nitrogens with zero attached hydrogens (tertiary/aromatic N) is 2. The summed E-state index contributed by atoms with van der Waals surface area (Å²) in [5.74, 6) is -0.187. The Balaban J connectivity index is 2.47. The number of fused-ring (bicyclic) bond motifs is 1. The third kappa shape index (κ3) is 1.77. The molecule has 80 valence electrons. The highest BCUT2D eigenvalue weighted by Crippen LogP contribution is 2.17. The van der Waals surface area contributed by atoms with Crippen LogP contribution in [0, 0.1) is 0 Å². The molecule has 2 rings (SSSR count). The molecule has 0 bridgehead atoms. The van der Waals surface area contributed by atoms with Crippen molar-refractivity contribution < 1.29 is 4.79 Å². The number of hydrogen-bond acceptors (Lipinski definition) is 3. The number of nitrogens with one attached hydrogen (secondary N) is 1. The minimum atomic E-state index is -0.187. The monoisotopic (exact) mass is 213 g/mol. The van der Waals surface area contributed by atoms with E-state index in [0.717, 1.165) is 16.5 Å². The van der Waals surface area contributed by atoms with Gasteiger partial charge < -0.3 is 5.32 Å². The van der Waals surface area contributed by atoms with E-state index < -0.39 is 0 Å². The molecule has 4 heteroatoms. The summed E-state index contributed by atoms with van der Waals surface area (Å²) in [5.41, 5.74) is 2.01. The van der Waals surface area contributed by atoms with E-state index >= 15 is 0 Å². The van der Waals surface area contributed by atoms with Crippen molar-refractivity contribution in [1.82, 2.24) is 15.3 Å². The van der Waals surface area contributed by atoms with Crippen LogP contribution in [0.2, 0.25) is 0 Å². The zero-order valence-electron chi connectivity index (χ0n) is 8.90. The normalized spacial score (nSPS) is 10.1. The zero-order chi connectivity index (χ0) is 11.5. The summed E-state index contributed by atoms with van der Waals surface area (Å²) in [6, 6.07) is 5.54. The molecule has 0 aliphatic rings. The summed E-state index contributed by atoms with van der Waals surface area (Å²) in [7, 11) is 1.58. The van der Waals surface area contributed by atoms with Crippen molar-refractivity contribution >= 4 is 22.4 Å². The van der Waals surface area contributed by atoms with E-state index in [2.05, 4.69) is 21.9 Å². The average molecular weight is 213 g/mol. The number of aromatic nitrogens is 2. The molecule has 0 atom stereocenters. The Hall–Kier alpha value is -2.23. The van der Waals surface area contributed by atoms with Crippen LogP contribution in [0.4, 0.5) is 0 Å². The Labute approximate surface area is 93.0 Å². The van der Waals surface area contributed by atoms with Crippen LogP contribution in [-0.4, -0.2) is 22.9 Å². The molecular formula is C12H11N3O. The Morgan fingerprint density at radius 2 is 2.25 bits per heavy atom. The number of likely N-dealkylation sites (N-methyl/N-ethyl adjacent to an activating group) is 1. The smallest absolute Gasteiger partial charge is 0.251 e. The minimum absolute atomic E-state index is 0.187. The van der Waals surface area contributed by atoms with Crippen LogP contribution in [0.3, 0.4) is 0 Å². The molecule has 1 heterocycles. The summed E-state index contributed by atoms with van der Waals surface area (Å²) in [6.07, 6.45) is 3.21. The lowest BCUT2D eigenvalue weighted by molar-refractivity contribution is -0.115. The molecule has 0 aliphatic carbocycles. The lowest BCUT2D eigenvalue weighted by Gasteiger charge is -2.05. The van der Waals surface area contributed by atoms with Crippen LogP contribution in [0.5, 0.6) is 0 Å². The van der Waals surface area contributed by atoms with Gasteiger partial charge >= 0.3 is 0 Å². The summed E-state index contributed by atoms with van der Waals surface area (Å²) in [5, 5.41) is 3.48. The number of carbonyl (C=O) groups excluding carboxylic acids is 1. The van der Waals surface area contributed by atoms with Crippen molar-refractivity contribution in [3.05, 3.63) is 42.9 Å². The van der Waals surface area contributed by atoms with Gasteiger partial charge in [-0.3, -0.25) is 4.79 Å². The number of rotatable bonds is 2. The molecule has 0 saturated carbocycles. The first-order valence-electron chi connectivity index (χ1n) is 4.83. The van der Waals surface area contributed by atoms with Gasteiger partial charge in [0.15, 0.2) is 0 Å². The Kier molecular flexibility index (Phi) is 2.64. The summed E-state index contributed by atoms with van der Waals surface area (Å²) in [4.78, 5) is 19.5. The molecule has 0 spiro atoms. The van der Waals surface area contributed by atoms with Crippen molar-refractivity contribution in [3.8, 4) is 0 Å². The van der Waals surface area contributed by atoms with E-state index in [9.17, 15) is 4.79 Å². The fraction of sp³-hybridized carbons (Fsp3) is 0.0833. The Morgan fingerprint density at radius 3 is 3.00 bits per heavy atom. The maximum absolute atomic E-state index is 11.4. The van der Waals surface area contributed by atoms with E-state index in [1.54, 1.807) is 13.2 Å². The first-order chi connectivity index (χ1) is 7.72. The molecule has 1 amide bonds. The van der Waals surface area contributed by atoms with Gasteiger partial charge in [0.25, 0.3) is 5.91 Å². The highest BCUT2D eigenvalue weighted by atomic mass is 16.1. The third-order valence-corrected chi connectivity index (χ3v) is 2.36. The second kappa shape index (κ2) is 4.10. The van der Waals surface area contributed by atoms with Crippen molar-refractivity contribution in [1.29, 1.82) is 0 Å².